The fourth-order valence-electron chi connectivity index (χ4n) is 2.45. The van der Waals surface area contributed by atoms with Gasteiger partial charge in [-0.3, -0.25) is 9.69 Å². The summed E-state index contributed by atoms with van der Waals surface area (Å²) in [6.07, 6.45) is 0.366. The summed E-state index contributed by atoms with van der Waals surface area (Å²) in [4.78, 5) is 14.2. The number of amides is 1. The number of benzene rings is 1. The SMILES string of the molecule is CCC(N)c1ccc2c(c1)N(COC)C(=O)C(C(C)C)O2. The average Bonchev–Trinajstić information content (AvgIpc) is 2.48. The molecule has 0 fully saturated rings. The molecule has 2 unspecified atom stereocenters. The molecule has 1 aliphatic heterocycles. The molecular formula is C16H24N2O3. The first-order valence-corrected chi connectivity index (χ1v) is 7.36. The molecular weight excluding hydrogens is 268 g/mol. The van der Waals surface area contributed by atoms with E-state index < -0.39 is 6.10 Å². The molecule has 2 N–H and O–H groups in total. The van der Waals surface area contributed by atoms with Crippen LogP contribution in [0.2, 0.25) is 0 Å². The predicted molar refractivity (Wildman–Crippen MR) is 82.3 cm³/mol. The van der Waals surface area contributed by atoms with Gasteiger partial charge in [-0.15, -0.1) is 0 Å². The monoisotopic (exact) mass is 292 g/mol. The number of hydrogen-bond donors (Lipinski definition) is 1. The molecule has 2 rings (SSSR count). The second-order valence-corrected chi connectivity index (χ2v) is 5.71. The summed E-state index contributed by atoms with van der Waals surface area (Å²) < 4.78 is 11.0. The zero-order chi connectivity index (χ0) is 15.6. The third kappa shape index (κ3) is 3.04. The van der Waals surface area contributed by atoms with Crippen LogP contribution < -0.4 is 15.4 Å². The first-order valence-electron chi connectivity index (χ1n) is 7.36. The normalized spacial score (nSPS) is 19.4. The Morgan fingerprint density at radius 1 is 1.43 bits per heavy atom. The third-order valence-electron chi connectivity index (χ3n) is 3.77. The minimum atomic E-state index is -0.474. The van der Waals surface area contributed by atoms with E-state index in [4.69, 9.17) is 15.2 Å². The summed E-state index contributed by atoms with van der Waals surface area (Å²) in [7, 11) is 1.58. The van der Waals surface area contributed by atoms with Crippen molar-refractivity contribution in [2.75, 3.05) is 18.7 Å². The van der Waals surface area contributed by atoms with Crippen molar-refractivity contribution in [2.24, 2.45) is 11.7 Å². The van der Waals surface area contributed by atoms with Crippen molar-refractivity contribution in [2.45, 2.75) is 39.3 Å². The summed E-state index contributed by atoms with van der Waals surface area (Å²) in [5, 5.41) is 0. The van der Waals surface area contributed by atoms with Crippen LogP contribution in [0.15, 0.2) is 18.2 Å². The molecule has 1 aromatic carbocycles. The Morgan fingerprint density at radius 3 is 2.71 bits per heavy atom. The van der Waals surface area contributed by atoms with E-state index in [1.807, 2.05) is 39.0 Å². The number of carbonyl (C=O) groups is 1. The molecule has 1 amide bonds. The summed E-state index contributed by atoms with van der Waals surface area (Å²) in [5.41, 5.74) is 7.81. The van der Waals surface area contributed by atoms with Crippen LogP contribution >= 0.6 is 0 Å². The van der Waals surface area contributed by atoms with Crippen molar-refractivity contribution in [3.63, 3.8) is 0 Å². The fourth-order valence-corrected chi connectivity index (χ4v) is 2.45. The maximum Gasteiger partial charge on any atom is 0.270 e. The minimum Gasteiger partial charge on any atom is -0.478 e. The Bertz CT molecular complexity index is 516. The van der Waals surface area contributed by atoms with Crippen LogP contribution in [-0.4, -0.2) is 25.9 Å². The Morgan fingerprint density at radius 2 is 2.14 bits per heavy atom. The van der Waals surface area contributed by atoms with Gasteiger partial charge in [0.25, 0.3) is 5.91 Å². The van der Waals surface area contributed by atoms with Crippen molar-refractivity contribution in [3.05, 3.63) is 23.8 Å². The molecule has 0 saturated carbocycles. The van der Waals surface area contributed by atoms with Gasteiger partial charge in [-0.05, 0) is 30.0 Å². The van der Waals surface area contributed by atoms with E-state index >= 15 is 0 Å². The molecule has 0 bridgehead atoms. The number of nitrogens with zero attached hydrogens (tertiary/aromatic N) is 1. The van der Waals surface area contributed by atoms with Gasteiger partial charge in [-0.2, -0.15) is 0 Å². The molecule has 5 heteroatoms. The Balaban J connectivity index is 2.43. The van der Waals surface area contributed by atoms with Crippen LogP contribution in [0.25, 0.3) is 0 Å². The first-order chi connectivity index (χ1) is 9.99. The number of ether oxygens (including phenoxy) is 2. The Kier molecular flexibility index (Phi) is 4.85. The molecule has 116 valence electrons. The minimum absolute atomic E-state index is 0.0439. The molecule has 0 spiro atoms. The highest BCUT2D eigenvalue weighted by Gasteiger charge is 2.36. The third-order valence-corrected chi connectivity index (χ3v) is 3.77. The standard InChI is InChI=1S/C16H24N2O3/c1-5-12(17)11-6-7-14-13(8-11)18(9-20-4)16(19)15(21-14)10(2)3/h6-8,10,12,15H,5,9,17H2,1-4H3. The van der Waals surface area contributed by atoms with E-state index in [0.29, 0.717) is 5.75 Å². The predicted octanol–water partition coefficient (Wildman–Crippen LogP) is 2.45. The number of hydrogen-bond acceptors (Lipinski definition) is 4. The Hall–Kier alpha value is -1.59. The van der Waals surface area contributed by atoms with Crippen molar-refractivity contribution >= 4 is 11.6 Å². The van der Waals surface area contributed by atoms with Gasteiger partial charge in [0.15, 0.2) is 6.10 Å². The number of fused-ring (bicyclic) bond motifs is 1. The zero-order valence-electron chi connectivity index (χ0n) is 13.1. The lowest BCUT2D eigenvalue weighted by Crippen LogP contribution is -2.49. The highest BCUT2D eigenvalue weighted by molar-refractivity contribution is 6.00. The van der Waals surface area contributed by atoms with Gasteiger partial charge in [-0.25, -0.2) is 0 Å². The topological polar surface area (TPSA) is 64.8 Å². The number of rotatable bonds is 5. The van der Waals surface area contributed by atoms with Gasteiger partial charge in [0.1, 0.15) is 12.5 Å². The summed E-state index contributed by atoms with van der Waals surface area (Å²) in [5.74, 6) is 0.738. The van der Waals surface area contributed by atoms with E-state index in [-0.39, 0.29) is 24.6 Å². The number of carbonyl (C=O) groups excluding carboxylic acids is 1. The van der Waals surface area contributed by atoms with Crippen molar-refractivity contribution in [1.82, 2.24) is 0 Å². The lowest BCUT2D eigenvalue weighted by atomic mass is 10.0. The molecule has 0 saturated heterocycles. The number of nitrogens with two attached hydrogens (primary N) is 1. The summed E-state index contributed by atoms with van der Waals surface area (Å²) in [6, 6.07) is 5.74. The second-order valence-electron chi connectivity index (χ2n) is 5.71. The molecule has 2 atom stereocenters. The molecule has 0 radical (unpaired) electrons. The maximum absolute atomic E-state index is 12.6. The molecule has 1 heterocycles. The van der Waals surface area contributed by atoms with Crippen LogP contribution in [0.3, 0.4) is 0 Å². The number of methoxy groups -OCH3 is 1. The molecule has 0 aromatic heterocycles. The highest BCUT2D eigenvalue weighted by atomic mass is 16.5. The van der Waals surface area contributed by atoms with Gasteiger partial charge in [0.2, 0.25) is 0 Å². The molecule has 1 aromatic rings. The van der Waals surface area contributed by atoms with Gasteiger partial charge < -0.3 is 15.2 Å². The lowest BCUT2D eigenvalue weighted by Gasteiger charge is -2.36. The van der Waals surface area contributed by atoms with Gasteiger partial charge in [0, 0.05) is 13.2 Å². The van der Waals surface area contributed by atoms with Gasteiger partial charge in [0.05, 0.1) is 5.69 Å². The van der Waals surface area contributed by atoms with Crippen LogP contribution in [0.1, 0.15) is 38.8 Å². The zero-order valence-corrected chi connectivity index (χ0v) is 13.1. The first kappa shape index (κ1) is 15.8. The fraction of sp³-hybridized carbons (Fsp3) is 0.562. The van der Waals surface area contributed by atoms with Crippen molar-refractivity contribution < 1.29 is 14.3 Å². The molecule has 21 heavy (non-hydrogen) atoms. The van der Waals surface area contributed by atoms with E-state index in [1.165, 1.54) is 0 Å². The second kappa shape index (κ2) is 6.45. The Labute approximate surface area is 126 Å². The largest absolute Gasteiger partial charge is 0.478 e. The smallest absolute Gasteiger partial charge is 0.270 e. The van der Waals surface area contributed by atoms with Gasteiger partial charge in [-0.1, -0.05) is 26.8 Å². The van der Waals surface area contributed by atoms with E-state index in [9.17, 15) is 4.79 Å². The highest BCUT2D eigenvalue weighted by Crippen LogP contribution is 2.37. The van der Waals surface area contributed by atoms with E-state index in [2.05, 4.69) is 0 Å². The molecule has 1 aliphatic rings. The van der Waals surface area contributed by atoms with E-state index in [1.54, 1.807) is 12.0 Å². The van der Waals surface area contributed by atoms with Crippen LogP contribution in [0, 0.1) is 5.92 Å². The summed E-state index contributed by atoms with van der Waals surface area (Å²) >= 11 is 0. The average molecular weight is 292 g/mol. The van der Waals surface area contributed by atoms with Crippen molar-refractivity contribution in [1.29, 1.82) is 0 Å². The quantitative estimate of drug-likeness (QED) is 0.905. The van der Waals surface area contributed by atoms with E-state index in [0.717, 1.165) is 17.7 Å². The van der Waals surface area contributed by atoms with Gasteiger partial charge >= 0.3 is 0 Å². The number of anilines is 1. The lowest BCUT2D eigenvalue weighted by molar-refractivity contribution is -0.129. The molecule has 0 aliphatic carbocycles. The molecule has 5 nitrogen and oxygen atoms in total. The summed E-state index contributed by atoms with van der Waals surface area (Å²) in [6.45, 7) is 6.19. The van der Waals surface area contributed by atoms with Crippen molar-refractivity contribution in [3.8, 4) is 5.75 Å². The maximum atomic E-state index is 12.6. The van der Waals surface area contributed by atoms with Crippen LogP contribution in [-0.2, 0) is 9.53 Å². The van der Waals surface area contributed by atoms with Crippen LogP contribution in [0.4, 0.5) is 5.69 Å². The van der Waals surface area contributed by atoms with Crippen LogP contribution in [0.5, 0.6) is 5.75 Å².